The molecule has 2 N–H and O–H groups in total. The van der Waals surface area contributed by atoms with Gasteiger partial charge in [0.15, 0.2) is 5.96 Å². The molecule has 0 aliphatic carbocycles. The number of aliphatic imine (C=N–C) groups is 1. The van der Waals surface area contributed by atoms with Crippen LogP contribution in [0.4, 0.5) is 4.39 Å². The lowest BCUT2D eigenvalue weighted by Gasteiger charge is -2.23. The molecule has 0 radical (unpaired) electrons. The average molecular weight is 308 g/mol. The Balaban J connectivity index is 2.77. The molecule has 0 saturated carbocycles. The van der Waals surface area contributed by atoms with Gasteiger partial charge in [0.2, 0.25) is 0 Å². The van der Waals surface area contributed by atoms with Crippen LogP contribution >= 0.6 is 0 Å². The number of unbranched alkanes of at least 4 members (excludes halogenated alkanes) is 1. The zero-order valence-electron chi connectivity index (χ0n) is 14.2. The predicted octanol–water partition coefficient (Wildman–Crippen LogP) is 2.78. The van der Waals surface area contributed by atoms with E-state index in [0.29, 0.717) is 6.54 Å². The van der Waals surface area contributed by atoms with Crippen molar-refractivity contribution >= 4 is 5.96 Å². The van der Waals surface area contributed by atoms with Gasteiger partial charge in [-0.3, -0.25) is 4.99 Å². The number of rotatable bonds is 8. The second-order valence-electron chi connectivity index (χ2n) is 5.53. The lowest BCUT2D eigenvalue weighted by molar-refractivity contribution is 0.305. The van der Waals surface area contributed by atoms with Gasteiger partial charge >= 0.3 is 0 Å². The molecule has 1 atom stereocenters. The Labute approximate surface area is 133 Å². The van der Waals surface area contributed by atoms with E-state index in [1.165, 1.54) is 6.07 Å². The highest BCUT2D eigenvalue weighted by molar-refractivity contribution is 5.79. The van der Waals surface area contributed by atoms with E-state index in [4.69, 9.17) is 0 Å². The molecule has 0 saturated heterocycles. The summed E-state index contributed by atoms with van der Waals surface area (Å²) in [6.07, 6.45) is 2.27. The molecule has 0 bridgehead atoms. The molecule has 1 rings (SSSR count). The summed E-state index contributed by atoms with van der Waals surface area (Å²) in [6.45, 7) is 6.53. The fraction of sp³-hybridized carbons (Fsp3) is 0.588. The predicted molar refractivity (Wildman–Crippen MR) is 91.7 cm³/mol. The molecule has 1 unspecified atom stereocenters. The molecule has 1 aromatic rings. The molecule has 0 spiro atoms. The van der Waals surface area contributed by atoms with Crippen LogP contribution in [0.3, 0.4) is 0 Å². The fourth-order valence-electron chi connectivity index (χ4n) is 2.18. The first-order valence-electron chi connectivity index (χ1n) is 8.02. The zero-order chi connectivity index (χ0) is 16.4. The second kappa shape index (κ2) is 10.2. The van der Waals surface area contributed by atoms with E-state index in [-0.39, 0.29) is 11.9 Å². The van der Waals surface area contributed by atoms with Crippen molar-refractivity contribution in [1.82, 2.24) is 15.5 Å². The van der Waals surface area contributed by atoms with Gasteiger partial charge in [-0.25, -0.2) is 4.39 Å². The smallest absolute Gasteiger partial charge is 0.191 e. The quantitative estimate of drug-likeness (QED) is 0.441. The van der Waals surface area contributed by atoms with Crippen LogP contribution in [0, 0.1) is 5.82 Å². The molecule has 0 fully saturated rings. The fourth-order valence-corrected chi connectivity index (χ4v) is 2.18. The van der Waals surface area contributed by atoms with E-state index >= 15 is 0 Å². The van der Waals surface area contributed by atoms with Gasteiger partial charge in [0.25, 0.3) is 0 Å². The maximum absolute atomic E-state index is 13.4. The van der Waals surface area contributed by atoms with Crippen LogP contribution in [0.15, 0.2) is 29.3 Å². The molecular formula is C17H29FN4. The standard InChI is InChI=1S/C17H29FN4/c1-5-7-11-20-17(19-6-2)21-13-16(22(3)4)14-9-8-10-15(18)12-14/h8-10,12,16H,5-7,11,13H2,1-4H3,(H2,19,20,21). The summed E-state index contributed by atoms with van der Waals surface area (Å²) in [7, 11) is 3.98. The number of nitrogens with zero attached hydrogens (tertiary/aromatic N) is 2. The number of benzene rings is 1. The summed E-state index contributed by atoms with van der Waals surface area (Å²) in [5.41, 5.74) is 0.943. The molecule has 0 aliphatic heterocycles. The van der Waals surface area contributed by atoms with Gasteiger partial charge < -0.3 is 15.5 Å². The molecule has 0 amide bonds. The summed E-state index contributed by atoms with van der Waals surface area (Å²) in [4.78, 5) is 6.71. The summed E-state index contributed by atoms with van der Waals surface area (Å²) in [5.74, 6) is 0.612. The third kappa shape index (κ3) is 6.43. The van der Waals surface area contributed by atoms with Crippen molar-refractivity contribution in [2.45, 2.75) is 32.7 Å². The molecule has 5 heteroatoms. The molecule has 22 heavy (non-hydrogen) atoms. The van der Waals surface area contributed by atoms with Gasteiger partial charge in [-0.2, -0.15) is 0 Å². The normalized spacial score (nSPS) is 13.3. The van der Waals surface area contributed by atoms with Gasteiger partial charge in [-0.15, -0.1) is 0 Å². The molecule has 1 aromatic carbocycles. The highest BCUT2D eigenvalue weighted by Crippen LogP contribution is 2.19. The Bertz CT molecular complexity index is 460. The van der Waals surface area contributed by atoms with E-state index in [1.807, 2.05) is 27.1 Å². The number of guanidine groups is 1. The number of nitrogens with one attached hydrogen (secondary N) is 2. The van der Waals surface area contributed by atoms with Crippen molar-refractivity contribution in [2.75, 3.05) is 33.7 Å². The van der Waals surface area contributed by atoms with Crippen LogP contribution in [0.1, 0.15) is 38.3 Å². The Morgan fingerprint density at radius 2 is 2.05 bits per heavy atom. The van der Waals surface area contributed by atoms with Crippen LogP contribution < -0.4 is 10.6 Å². The molecular weight excluding hydrogens is 279 g/mol. The first kappa shape index (κ1) is 18.4. The van der Waals surface area contributed by atoms with Gasteiger partial charge in [-0.1, -0.05) is 25.5 Å². The summed E-state index contributed by atoms with van der Waals surface area (Å²) >= 11 is 0. The van der Waals surface area contributed by atoms with Gasteiger partial charge in [0.1, 0.15) is 5.82 Å². The second-order valence-corrected chi connectivity index (χ2v) is 5.53. The Hall–Kier alpha value is -1.62. The van der Waals surface area contributed by atoms with Gasteiger partial charge in [0, 0.05) is 13.1 Å². The van der Waals surface area contributed by atoms with Crippen molar-refractivity contribution in [3.05, 3.63) is 35.6 Å². The average Bonchev–Trinajstić information content (AvgIpc) is 2.47. The lowest BCUT2D eigenvalue weighted by atomic mass is 10.1. The van der Waals surface area contributed by atoms with E-state index < -0.39 is 0 Å². The summed E-state index contributed by atoms with van der Waals surface area (Å²) in [5, 5.41) is 6.57. The Morgan fingerprint density at radius 1 is 1.27 bits per heavy atom. The van der Waals surface area contributed by atoms with Crippen LogP contribution in [-0.4, -0.2) is 44.6 Å². The monoisotopic (exact) mass is 308 g/mol. The van der Waals surface area contributed by atoms with Gasteiger partial charge in [0.05, 0.1) is 12.6 Å². The maximum atomic E-state index is 13.4. The van der Waals surface area contributed by atoms with Crippen molar-refractivity contribution < 1.29 is 4.39 Å². The zero-order valence-corrected chi connectivity index (χ0v) is 14.2. The molecule has 0 aliphatic rings. The number of likely N-dealkylation sites (N-methyl/N-ethyl adjacent to an activating group) is 1. The number of hydrogen-bond donors (Lipinski definition) is 2. The van der Waals surface area contributed by atoms with E-state index in [1.54, 1.807) is 12.1 Å². The highest BCUT2D eigenvalue weighted by atomic mass is 19.1. The van der Waals surface area contributed by atoms with Gasteiger partial charge in [-0.05, 0) is 45.1 Å². The molecule has 124 valence electrons. The number of hydrogen-bond acceptors (Lipinski definition) is 2. The maximum Gasteiger partial charge on any atom is 0.191 e. The van der Waals surface area contributed by atoms with Crippen molar-refractivity contribution in [3.8, 4) is 0 Å². The first-order chi connectivity index (χ1) is 10.6. The SMILES string of the molecule is CCCCNC(=NCC(c1cccc(F)c1)N(C)C)NCC. The molecule has 0 aromatic heterocycles. The summed E-state index contributed by atoms with van der Waals surface area (Å²) < 4.78 is 13.4. The van der Waals surface area contributed by atoms with Crippen LogP contribution in [0.25, 0.3) is 0 Å². The van der Waals surface area contributed by atoms with Crippen molar-refractivity contribution in [2.24, 2.45) is 4.99 Å². The third-order valence-electron chi connectivity index (χ3n) is 3.45. The van der Waals surface area contributed by atoms with Crippen LogP contribution in [-0.2, 0) is 0 Å². The minimum Gasteiger partial charge on any atom is -0.357 e. The van der Waals surface area contributed by atoms with E-state index in [2.05, 4.69) is 27.4 Å². The van der Waals surface area contributed by atoms with Crippen molar-refractivity contribution in [3.63, 3.8) is 0 Å². The Morgan fingerprint density at radius 3 is 2.64 bits per heavy atom. The summed E-state index contributed by atoms with van der Waals surface area (Å²) in [6, 6.07) is 6.79. The largest absolute Gasteiger partial charge is 0.357 e. The lowest BCUT2D eigenvalue weighted by Crippen LogP contribution is -2.38. The molecule has 0 heterocycles. The topological polar surface area (TPSA) is 39.7 Å². The number of halogens is 1. The van der Waals surface area contributed by atoms with E-state index in [0.717, 1.165) is 37.5 Å². The minimum absolute atomic E-state index is 0.0531. The highest BCUT2D eigenvalue weighted by Gasteiger charge is 2.14. The third-order valence-corrected chi connectivity index (χ3v) is 3.45. The van der Waals surface area contributed by atoms with Crippen LogP contribution in [0.2, 0.25) is 0 Å². The molecule has 4 nitrogen and oxygen atoms in total. The Kier molecular flexibility index (Phi) is 8.51. The van der Waals surface area contributed by atoms with Crippen LogP contribution in [0.5, 0.6) is 0 Å². The first-order valence-corrected chi connectivity index (χ1v) is 8.02. The van der Waals surface area contributed by atoms with Crippen molar-refractivity contribution in [1.29, 1.82) is 0 Å². The minimum atomic E-state index is -0.207. The van der Waals surface area contributed by atoms with E-state index in [9.17, 15) is 4.39 Å².